The van der Waals surface area contributed by atoms with Gasteiger partial charge in [0.25, 0.3) is 5.92 Å². The maximum atomic E-state index is 14.2. The molecule has 1 amide bonds. The molecule has 160 valence electrons. The average Bonchev–Trinajstić information content (AvgIpc) is 2.96. The number of methoxy groups -OCH3 is 2. The minimum absolute atomic E-state index is 0.0276. The Balaban J connectivity index is 2.48. The van der Waals surface area contributed by atoms with Crippen LogP contribution in [0.25, 0.3) is 0 Å². The van der Waals surface area contributed by atoms with Gasteiger partial charge in [0.1, 0.15) is 0 Å². The molecule has 0 saturated carbocycles. The number of anilines is 1. The Morgan fingerprint density at radius 3 is 2.45 bits per heavy atom. The molecule has 0 bridgehead atoms. The molecule has 0 unspecified atom stereocenters. The number of nitrogens with zero attached hydrogens (tertiary/aromatic N) is 1. The maximum Gasteiger partial charge on any atom is 0.414 e. The number of ether oxygens (including phenoxy) is 3. The van der Waals surface area contributed by atoms with Crippen molar-refractivity contribution in [3.05, 3.63) is 28.8 Å². The quantitative estimate of drug-likeness (QED) is 0.499. The van der Waals surface area contributed by atoms with Gasteiger partial charge in [-0.3, -0.25) is 9.69 Å². The van der Waals surface area contributed by atoms with Gasteiger partial charge in [0.2, 0.25) is 0 Å². The Hall–Kier alpha value is -2.71. The molecule has 0 radical (unpaired) electrons. The molecule has 1 aromatic rings. The van der Waals surface area contributed by atoms with Crippen molar-refractivity contribution >= 4 is 23.7 Å². The van der Waals surface area contributed by atoms with Crippen LogP contribution in [0.4, 0.5) is 19.3 Å². The number of fused-ring (bicyclic) bond motifs is 1. The van der Waals surface area contributed by atoms with Crippen molar-refractivity contribution in [1.82, 2.24) is 0 Å². The van der Waals surface area contributed by atoms with Gasteiger partial charge in [0.05, 0.1) is 31.6 Å². The molecule has 0 heterocycles. The minimum atomic E-state index is -3.05. The first-order valence-corrected chi connectivity index (χ1v) is 9.29. The van der Waals surface area contributed by atoms with Crippen LogP contribution in [0, 0.1) is 0 Å². The van der Waals surface area contributed by atoms with E-state index in [0.717, 1.165) is 13.2 Å². The second-order valence-corrected chi connectivity index (χ2v) is 6.99. The molecule has 29 heavy (non-hydrogen) atoms. The van der Waals surface area contributed by atoms with Gasteiger partial charge >= 0.3 is 18.0 Å². The number of hydrogen-bond donors (Lipinski definition) is 0. The Bertz CT molecular complexity index is 793. The molecule has 0 aromatic heterocycles. The van der Waals surface area contributed by atoms with Crippen molar-refractivity contribution in [2.24, 2.45) is 0 Å². The fourth-order valence-corrected chi connectivity index (χ4v) is 3.16. The van der Waals surface area contributed by atoms with Crippen LogP contribution in [-0.4, -0.2) is 44.9 Å². The SMILES string of the molecule is COC(=O)CCCN(C(=O)OC(C)C)c1cc2c(cc1C(=O)OC)C(F)(F)CC2. The summed E-state index contributed by atoms with van der Waals surface area (Å²) in [4.78, 5) is 37.6. The van der Waals surface area contributed by atoms with E-state index in [-0.39, 0.29) is 49.0 Å². The summed E-state index contributed by atoms with van der Waals surface area (Å²) in [6, 6.07) is 2.49. The summed E-state index contributed by atoms with van der Waals surface area (Å²) in [7, 11) is 2.38. The second kappa shape index (κ2) is 9.19. The second-order valence-electron chi connectivity index (χ2n) is 6.99. The van der Waals surface area contributed by atoms with Gasteiger partial charge in [-0.25, -0.2) is 18.4 Å². The zero-order valence-electron chi connectivity index (χ0n) is 16.9. The molecule has 0 saturated heterocycles. The zero-order chi connectivity index (χ0) is 21.8. The smallest absolute Gasteiger partial charge is 0.414 e. The number of carbonyl (C=O) groups excluding carboxylic acids is 3. The summed E-state index contributed by atoms with van der Waals surface area (Å²) in [6.45, 7) is 3.35. The fourth-order valence-electron chi connectivity index (χ4n) is 3.16. The zero-order valence-corrected chi connectivity index (χ0v) is 16.9. The lowest BCUT2D eigenvalue weighted by Crippen LogP contribution is -2.35. The first kappa shape index (κ1) is 22.6. The van der Waals surface area contributed by atoms with Crippen molar-refractivity contribution < 1.29 is 37.4 Å². The lowest BCUT2D eigenvalue weighted by atomic mass is 10.0. The van der Waals surface area contributed by atoms with E-state index < -0.39 is 30.1 Å². The molecule has 0 atom stereocenters. The third kappa shape index (κ3) is 5.21. The molecular formula is C20H25F2NO6. The Labute approximate surface area is 167 Å². The van der Waals surface area contributed by atoms with E-state index in [0.29, 0.717) is 5.56 Å². The highest BCUT2D eigenvalue weighted by Gasteiger charge is 2.41. The maximum absolute atomic E-state index is 14.2. The lowest BCUT2D eigenvalue weighted by Gasteiger charge is -2.26. The predicted molar refractivity (Wildman–Crippen MR) is 100 cm³/mol. The molecular weight excluding hydrogens is 388 g/mol. The summed E-state index contributed by atoms with van der Waals surface area (Å²) >= 11 is 0. The van der Waals surface area contributed by atoms with E-state index in [9.17, 15) is 23.2 Å². The average molecular weight is 413 g/mol. The normalized spacial score (nSPS) is 14.3. The highest BCUT2D eigenvalue weighted by atomic mass is 19.3. The van der Waals surface area contributed by atoms with Crippen LogP contribution in [0.15, 0.2) is 12.1 Å². The molecule has 7 nitrogen and oxygen atoms in total. The number of alkyl halides is 2. The molecule has 0 fully saturated rings. The van der Waals surface area contributed by atoms with Crippen LogP contribution >= 0.6 is 0 Å². The van der Waals surface area contributed by atoms with Gasteiger partial charge in [0, 0.05) is 24.9 Å². The number of amides is 1. The van der Waals surface area contributed by atoms with Crippen molar-refractivity contribution in [3.63, 3.8) is 0 Å². The third-order valence-electron chi connectivity index (χ3n) is 4.57. The lowest BCUT2D eigenvalue weighted by molar-refractivity contribution is -0.140. The first-order chi connectivity index (χ1) is 13.6. The number of rotatable bonds is 7. The van der Waals surface area contributed by atoms with E-state index >= 15 is 0 Å². The van der Waals surface area contributed by atoms with Gasteiger partial charge in [-0.05, 0) is 44.4 Å². The molecule has 1 aliphatic rings. The van der Waals surface area contributed by atoms with E-state index in [2.05, 4.69) is 4.74 Å². The summed E-state index contributed by atoms with van der Waals surface area (Å²) in [5.74, 6) is -4.35. The largest absolute Gasteiger partial charge is 0.469 e. The standard InChI is InChI=1S/C20H25F2NO6/c1-12(2)29-19(26)23(9-5-6-17(24)27-3)16-10-13-7-8-20(21,22)15(13)11-14(16)18(25)28-4/h10-12H,5-9H2,1-4H3. The van der Waals surface area contributed by atoms with Crippen LogP contribution in [0.2, 0.25) is 0 Å². The van der Waals surface area contributed by atoms with Gasteiger partial charge in [-0.1, -0.05) is 0 Å². The molecule has 1 aliphatic carbocycles. The van der Waals surface area contributed by atoms with Gasteiger partial charge < -0.3 is 14.2 Å². The van der Waals surface area contributed by atoms with Crippen molar-refractivity contribution in [3.8, 4) is 0 Å². The van der Waals surface area contributed by atoms with Gasteiger partial charge in [0.15, 0.2) is 0 Å². The van der Waals surface area contributed by atoms with Crippen molar-refractivity contribution in [2.75, 3.05) is 25.7 Å². The van der Waals surface area contributed by atoms with Crippen LogP contribution < -0.4 is 4.90 Å². The van der Waals surface area contributed by atoms with Crippen LogP contribution in [0.3, 0.4) is 0 Å². The van der Waals surface area contributed by atoms with Crippen LogP contribution in [-0.2, 0) is 31.3 Å². The summed E-state index contributed by atoms with van der Waals surface area (Å²) < 4.78 is 42.9. The van der Waals surface area contributed by atoms with Crippen LogP contribution in [0.5, 0.6) is 0 Å². The summed E-state index contributed by atoms with van der Waals surface area (Å²) in [5, 5.41) is 0. The monoisotopic (exact) mass is 413 g/mol. The highest BCUT2D eigenvalue weighted by Crippen LogP contribution is 2.44. The van der Waals surface area contributed by atoms with E-state index in [1.807, 2.05) is 0 Å². The Morgan fingerprint density at radius 1 is 1.17 bits per heavy atom. The highest BCUT2D eigenvalue weighted by molar-refractivity contribution is 6.01. The number of aryl methyl sites for hydroxylation is 1. The third-order valence-corrected chi connectivity index (χ3v) is 4.57. The fraction of sp³-hybridized carbons (Fsp3) is 0.550. The van der Waals surface area contributed by atoms with Crippen molar-refractivity contribution in [1.29, 1.82) is 0 Å². The minimum Gasteiger partial charge on any atom is -0.469 e. The molecule has 0 N–H and O–H groups in total. The Kier molecular flexibility index (Phi) is 7.16. The molecule has 1 aromatic carbocycles. The topological polar surface area (TPSA) is 82.1 Å². The number of carbonyl (C=O) groups is 3. The van der Waals surface area contributed by atoms with E-state index in [1.165, 1.54) is 18.1 Å². The predicted octanol–water partition coefficient (Wildman–Crippen LogP) is 3.82. The number of halogens is 2. The van der Waals surface area contributed by atoms with Gasteiger partial charge in [-0.15, -0.1) is 0 Å². The first-order valence-electron chi connectivity index (χ1n) is 9.29. The number of hydrogen-bond acceptors (Lipinski definition) is 6. The summed E-state index contributed by atoms with van der Waals surface area (Å²) in [6.07, 6.45) is -1.17. The van der Waals surface area contributed by atoms with Crippen LogP contribution in [0.1, 0.15) is 54.6 Å². The molecule has 0 aliphatic heterocycles. The summed E-state index contributed by atoms with van der Waals surface area (Å²) in [5.41, 5.74) is 0.0665. The van der Waals surface area contributed by atoms with E-state index in [4.69, 9.17) is 9.47 Å². The molecule has 0 spiro atoms. The molecule has 9 heteroatoms. The molecule has 2 rings (SSSR count). The Morgan fingerprint density at radius 2 is 1.86 bits per heavy atom. The number of benzene rings is 1. The number of esters is 2. The van der Waals surface area contributed by atoms with Crippen molar-refractivity contribution in [2.45, 2.75) is 51.6 Å². The van der Waals surface area contributed by atoms with E-state index in [1.54, 1.807) is 13.8 Å². The van der Waals surface area contributed by atoms with Gasteiger partial charge in [-0.2, -0.15) is 0 Å².